The summed E-state index contributed by atoms with van der Waals surface area (Å²) in [4.78, 5) is 40.9. The highest BCUT2D eigenvalue weighted by molar-refractivity contribution is 5.92. The molecule has 1 heterocycles. The van der Waals surface area contributed by atoms with Crippen molar-refractivity contribution in [2.24, 2.45) is 5.41 Å². The fourth-order valence-corrected chi connectivity index (χ4v) is 4.79. The largest absolute Gasteiger partial charge is 0.444 e. The van der Waals surface area contributed by atoms with Crippen molar-refractivity contribution in [2.75, 3.05) is 6.54 Å². The van der Waals surface area contributed by atoms with Gasteiger partial charge in [0.2, 0.25) is 11.8 Å². The minimum Gasteiger partial charge on any atom is -0.444 e. The van der Waals surface area contributed by atoms with E-state index in [2.05, 4.69) is 29.7 Å². The molecule has 2 aromatic rings. The van der Waals surface area contributed by atoms with E-state index in [1.807, 2.05) is 64.1 Å². The van der Waals surface area contributed by atoms with E-state index in [1.165, 1.54) is 10.5 Å². The summed E-state index contributed by atoms with van der Waals surface area (Å²) in [5.41, 5.74) is 2.98. The molecule has 0 radical (unpaired) electrons. The van der Waals surface area contributed by atoms with E-state index >= 15 is 0 Å². The molecule has 1 saturated heterocycles. The molecule has 3 amide bonds. The lowest BCUT2D eigenvalue weighted by atomic mass is 9.85. The van der Waals surface area contributed by atoms with Gasteiger partial charge in [-0.2, -0.15) is 0 Å². The first-order valence-corrected chi connectivity index (χ1v) is 13.5. The molecule has 1 fully saturated rings. The van der Waals surface area contributed by atoms with Crippen LogP contribution < -0.4 is 10.6 Å². The predicted octanol–water partition coefficient (Wildman–Crippen LogP) is 4.74. The molecule has 8 nitrogen and oxygen atoms in total. The van der Waals surface area contributed by atoms with Crippen LogP contribution in [0.3, 0.4) is 0 Å². The van der Waals surface area contributed by atoms with E-state index in [9.17, 15) is 19.5 Å². The Kier molecular flexibility index (Phi) is 9.11. The van der Waals surface area contributed by atoms with Crippen LogP contribution in [-0.4, -0.2) is 58.2 Å². The molecule has 0 bridgehead atoms. The molecular formula is C31H43N3O5. The highest BCUT2D eigenvalue weighted by Gasteiger charge is 2.45. The quantitative estimate of drug-likeness (QED) is 0.493. The van der Waals surface area contributed by atoms with Crippen LogP contribution in [0.4, 0.5) is 4.79 Å². The predicted molar refractivity (Wildman–Crippen MR) is 152 cm³/mol. The fourth-order valence-electron chi connectivity index (χ4n) is 4.79. The second-order valence-corrected chi connectivity index (χ2v) is 12.5. The summed E-state index contributed by atoms with van der Waals surface area (Å²) in [7, 11) is 0. The highest BCUT2D eigenvalue weighted by Crippen LogP contribution is 2.28. The number of hydrogen-bond donors (Lipinski definition) is 3. The molecule has 2 aromatic carbocycles. The topological polar surface area (TPSA) is 108 Å². The molecule has 8 heteroatoms. The number of ether oxygens (including phenoxy) is 1. The van der Waals surface area contributed by atoms with Crippen LogP contribution in [0, 0.1) is 12.3 Å². The second kappa shape index (κ2) is 11.8. The van der Waals surface area contributed by atoms with Crippen LogP contribution in [0.2, 0.25) is 0 Å². The number of nitrogens with zero attached hydrogens (tertiary/aromatic N) is 1. The first-order valence-electron chi connectivity index (χ1n) is 13.5. The number of alkyl carbamates (subject to hydrolysis) is 1. The van der Waals surface area contributed by atoms with Gasteiger partial charge in [0.05, 0.1) is 12.1 Å². The van der Waals surface area contributed by atoms with E-state index in [0.29, 0.717) is 0 Å². The first-order chi connectivity index (χ1) is 18.1. The summed E-state index contributed by atoms with van der Waals surface area (Å²) in [6.45, 7) is 14.7. The van der Waals surface area contributed by atoms with E-state index in [4.69, 9.17) is 4.74 Å². The van der Waals surface area contributed by atoms with Crippen LogP contribution in [0.5, 0.6) is 0 Å². The van der Waals surface area contributed by atoms with Crippen molar-refractivity contribution in [3.05, 3.63) is 59.7 Å². The number of aliphatic hydroxyl groups is 1. The minimum absolute atomic E-state index is 0.0129. The average molecular weight is 538 g/mol. The molecule has 3 rings (SSSR count). The fraction of sp³-hybridized carbons (Fsp3) is 0.516. The zero-order chi connectivity index (χ0) is 29.1. The molecule has 1 aliphatic rings. The van der Waals surface area contributed by atoms with Gasteiger partial charge in [0.15, 0.2) is 0 Å². The third kappa shape index (κ3) is 7.82. The van der Waals surface area contributed by atoms with Crippen LogP contribution in [-0.2, 0) is 14.3 Å². The third-order valence-corrected chi connectivity index (χ3v) is 6.86. The summed E-state index contributed by atoms with van der Waals surface area (Å²) in [5.74, 6) is -0.777. The first kappa shape index (κ1) is 30.2. The Bertz CT molecular complexity index is 1180. The molecule has 212 valence electrons. The van der Waals surface area contributed by atoms with E-state index in [-0.39, 0.29) is 24.9 Å². The van der Waals surface area contributed by atoms with Crippen LogP contribution in [0.25, 0.3) is 11.1 Å². The van der Waals surface area contributed by atoms with Crippen LogP contribution in [0.15, 0.2) is 48.5 Å². The number of carbonyl (C=O) groups excluding carboxylic acids is 3. The SMILES string of the molecule is Cc1ccccc1-c1ccc([C@H](C)NC(=O)[C@@H]2C[C@@H](O)CN2C(=O)[C@@H](NC(=O)OC(C)(C)C)C(C)(C)C)cc1. The summed E-state index contributed by atoms with van der Waals surface area (Å²) in [6, 6.07) is 14.1. The van der Waals surface area contributed by atoms with Crippen molar-refractivity contribution in [1.29, 1.82) is 0 Å². The number of likely N-dealkylation sites (tertiary alicyclic amines) is 1. The Morgan fingerprint density at radius 3 is 2.15 bits per heavy atom. The summed E-state index contributed by atoms with van der Waals surface area (Å²) in [5, 5.41) is 16.1. The smallest absolute Gasteiger partial charge is 0.408 e. The van der Waals surface area contributed by atoms with E-state index < -0.39 is 41.2 Å². The highest BCUT2D eigenvalue weighted by atomic mass is 16.6. The summed E-state index contributed by atoms with van der Waals surface area (Å²) in [6.07, 6.45) is -1.42. The lowest BCUT2D eigenvalue weighted by Crippen LogP contribution is -2.58. The Hall–Kier alpha value is -3.39. The van der Waals surface area contributed by atoms with Gasteiger partial charge in [-0.05, 0) is 62.3 Å². The van der Waals surface area contributed by atoms with Gasteiger partial charge in [0.25, 0.3) is 0 Å². The Morgan fingerprint density at radius 1 is 0.974 bits per heavy atom. The van der Waals surface area contributed by atoms with Crippen molar-refractivity contribution in [1.82, 2.24) is 15.5 Å². The molecule has 1 aliphatic heterocycles. The normalized spacial score (nSPS) is 19.3. The van der Waals surface area contributed by atoms with Gasteiger partial charge in [-0.3, -0.25) is 9.59 Å². The maximum absolute atomic E-state index is 13.7. The zero-order valence-electron chi connectivity index (χ0n) is 24.4. The summed E-state index contributed by atoms with van der Waals surface area (Å²) < 4.78 is 5.37. The monoisotopic (exact) mass is 537 g/mol. The van der Waals surface area contributed by atoms with Crippen LogP contribution in [0.1, 0.15) is 72.1 Å². The van der Waals surface area contributed by atoms with Crippen molar-refractivity contribution in [3.63, 3.8) is 0 Å². The number of β-amino-alcohol motifs (C(OH)–C–C–N with tert-alkyl or cyclic N) is 1. The van der Waals surface area contributed by atoms with Gasteiger partial charge >= 0.3 is 6.09 Å². The van der Waals surface area contributed by atoms with E-state index in [1.54, 1.807) is 20.8 Å². The van der Waals surface area contributed by atoms with Gasteiger partial charge in [0.1, 0.15) is 17.7 Å². The third-order valence-electron chi connectivity index (χ3n) is 6.86. The van der Waals surface area contributed by atoms with Crippen molar-refractivity contribution in [2.45, 2.75) is 91.6 Å². The zero-order valence-corrected chi connectivity index (χ0v) is 24.4. The van der Waals surface area contributed by atoms with Crippen molar-refractivity contribution in [3.8, 4) is 11.1 Å². The number of carbonyl (C=O) groups is 3. The number of aliphatic hydroxyl groups excluding tert-OH is 1. The molecule has 39 heavy (non-hydrogen) atoms. The van der Waals surface area contributed by atoms with Gasteiger partial charge in [0, 0.05) is 13.0 Å². The molecular weight excluding hydrogens is 494 g/mol. The number of rotatable bonds is 6. The number of hydrogen-bond acceptors (Lipinski definition) is 5. The number of benzene rings is 2. The van der Waals surface area contributed by atoms with Crippen molar-refractivity contribution < 1.29 is 24.2 Å². The van der Waals surface area contributed by atoms with Crippen LogP contribution >= 0.6 is 0 Å². The average Bonchev–Trinajstić information content (AvgIpc) is 3.22. The maximum Gasteiger partial charge on any atom is 0.408 e. The standard InChI is InChI=1S/C31H43N3O5/c1-19-11-9-10-12-24(19)22-15-13-21(14-16-22)20(2)32-27(36)25-17-23(35)18-34(25)28(37)26(30(3,4)5)33-29(38)39-31(6,7)8/h9-16,20,23,25-26,35H,17-18H2,1-8H3,(H,32,36)(H,33,38)/t20-,23+,25-,26+/m0/s1. The molecule has 0 saturated carbocycles. The molecule has 0 aliphatic carbocycles. The molecule has 0 aromatic heterocycles. The second-order valence-electron chi connectivity index (χ2n) is 12.5. The summed E-state index contributed by atoms with van der Waals surface area (Å²) >= 11 is 0. The number of amides is 3. The number of aryl methyl sites for hydroxylation is 1. The Morgan fingerprint density at radius 2 is 1.59 bits per heavy atom. The molecule has 0 unspecified atom stereocenters. The molecule has 0 spiro atoms. The Balaban J connectivity index is 1.73. The lowest BCUT2D eigenvalue weighted by Gasteiger charge is -2.35. The number of nitrogens with one attached hydrogen (secondary N) is 2. The molecule has 4 atom stereocenters. The lowest BCUT2D eigenvalue weighted by molar-refractivity contribution is -0.142. The molecule has 3 N–H and O–H groups in total. The Labute approximate surface area is 232 Å². The van der Waals surface area contributed by atoms with Gasteiger partial charge in [-0.15, -0.1) is 0 Å². The van der Waals surface area contributed by atoms with Gasteiger partial charge in [-0.25, -0.2) is 4.79 Å². The van der Waals surface area contributed by atoms with Gasteiger partial charge in [-0.1, -0.05) is 69.3 Å². The van der Waals surface area contributed by atoms with E-state index in [0.717, 1.165) is 16.7 Å². The minimum atomic E-state index is -0.945. The van der Waals surface area contributed by atoms with Crippen molar-refractivity contribution >= 4 is 17.9 Å². The maximum atomic E-state index is 13.7. The van der Waals surface area contributed by atoms with Gasteiger partial charge < -0.3 is 25.4 Å².